The molecular weight excluding hydrogens is 184 g/mol. The van der Waals surface area contributed by atoms with Crippen LogP contribution in [0, 0.1) is 0 Å². The molecule has 1 nitrogen and oxygen atoms in total. The number of halogens is 1. The summed E-state index contributed by atoms with van der Waals surface area (Å²) in [5.41, 5.74) is 1.03. The number of hydrogen-bond donors (Lipinski definition) is 0. The minimum atomic E-state index is -0.363. The lowest BCUT2D eigenvalue weighted by Gasteiger charge is -2.02. The van der Waals surface area contributed by atoms with Gasteiger partial charge in [-0.25, -0.2) is 4.39 Å². The van der Waals surface area contributed by atoms with Crippen LogP contribution >= 0.6 is 8.58 Å². The van der Waals surface area contributed by atoms with Gasteiger partial charge in [-0.15, -0.1) is 0 Å². The quantitative estimate of drug-likeness (QED) is 0.519. The summed E-state index contributed by atoms with van der Waals surface area (Å²) in [6.07, 6.45) is 1.74. The molecular formula is C10H13FNP. The Kier molecular flexibility index (Phi) is 4.63. The number of alkyl halides is 1. The summed E-state index contributed by atoms with van der Waals surface area (Å²) >= 11 is 0. The fourth-order valence-corrected chi connectivity index (χ4v) is 1.28. The molecule has 1 rings (SSSR count). The monoisotopic (exact) mass is 197 g/mol. The molecule has 0 saturated carbocycles. The molecule has 0 saturated heterocycles. The highest BCUT2D eigenvalue weighted by molar-refractivity contribution is 7.37. The summed E-state index contributed by atoms with van der Waals surface area (Å²) in [6, 6.07) is 9.75. The summed E-state index contributed by atoms with van der Waals surface area (Å²) in [7, 11) is 0.528. The van der Waals surface area contributed by atoms with Gasteiger partial charge in [0.15, 0.2) is 0 Å². The number of hydrogen-bond acceptors (Lipinski definition) is 1. The second-order valence-corrected chi connectivity index (χ2v) is 3.89. The molecule has 0 aliphatic rings. The summed E-state index contributed by atoms with van der Waals surface area (Å²) in [4.78, 5) is 4.14. The van der Waals surface area contributed by atoms with Gasteiger partial charge in [0, 0.05) is 6.21 Å². The SMILES string of the molecule is CP[C@@H](CF)/N=C/c1ccccc1. The Labute approximate surface area is 79.9 Å². The van der Waals surface area contributed by atoms with Crippen LogP contribution in [-0.4, -0.2) is 25.3 Å². The predicted molar refractivity (Wildman–Crippen MR) is 58.0 cm³/mol. The van der Waals surface area contributed by atoms with Crippen LogP contribution in [0.1, 0.15) is 5.56 Å². The van der Waals surface area contributed by atoms with E-state index < -0.39 is 0 Å². The molecule has 1 unspecified atom stereocenters. The number of rotatable bonds is 4. The molecule has 0 fully saturated rings. The Morgan fingerprint density at radius 3 is 2.69 bits per heavy atom. The fourth-order valence-electron chi connectivity index (χ4n) is 0.907. The highest BCUT2D eigenvalue weighted by atomic mass is 31.1. The van der Waals surface area contributed by atoms with E-state index in [0.29, 0.717) is 8.58 Å². The standard InChI is InChI=1S/C10H13FNP/c1-13-10(7-11)12-8-9-5-3-2-4-6-9/h2-6,8,10,13H,7H2,1H3/b12-8+/t10-/m0/s1. The van der Waals surface area contributed by atoms with Gasteiger partial charge in [-0.3, -0.25) is 4.99 Å². The highest BCUT2D eigenvalue weighted by Crippen LogP contribution is 2.15. The van der Waals surface area contributed by atoms with Crippen LogP contribution in [0.25, 0.3) is 0 Å². The molecule has 13 heavy (non-hydrogen) atoms. The molecule has 0 aliphatic carbocycles. The van der Waals surface area contributed by atoms with Crippen molar-refractivity contribution in [3.63, 3.8) is 0 Å². The lowest BCUT2D eigenvalue weighted by Crippen LogP contribution is -1.98. The van der Waals surface area contributed by atoms with E-state index >= 15 is 0 Å². The van der Waals surface area contributed by atoms with Crippen molar-refractivity contribution >= 4 is 14.8 Å². The normalized spacial score (nSPS) is 14.3. The number of benzene rings is 1. The summed E-state index contributed by atoms with van der Waals surface area (Å²) < 4.78 is 12.3. The molecule has 3 heteroatoms. The second kappa shape index (κ2) is 5.82. The molecule has 0 amide bonds. The zero-order chi connectivity index (χ0) is 9.52. The Morgan fingerprint density at radius 1 is 1.46 bits per heavy atom. The zero-order valence-corrected chi connectivity index (χ0v) is 8.57. The van der Waals surface area contributed by atoms with Crippen molar-refractivity contribution in [2.75, 3.05) is 13.3 Å². The van der Waals surface area contributed by atoms with Gasteiger partial charge in [-0.05, 0) is 12.2 Å². The Morgan fingerprint density at radius 2 is 2.15 bits per heavy atom. The number of nitrogens with zero attached hydrogens (tertiary/aromatic N) is 1. The zero-order valence-electron chi connectivity index (χ0n) is 7.57. The van der Waals surface area contributed by atoms with Gasteiger partial charge < -0.3 is 0 Å². The van der Waals surface area contributed by atoms with E-state index in [1.165, 1.54) is 0 Å². The van der Waals surface area contributed by atoms with Gasteiger partial charge in [-0.1, -0.05) is 38.9 Å². The molecule has 70 valence electrons. The van der Waals surface area contributed by atoms with Crippen molar-refractivity contribution in [2.24, 2.45) is 4.99 Å². The van der Waals surface area contributed by atoms with Crippen LogP contribution < -0.4 is 0 Å². The third kappa shape index (κ3) is 3.65. The molecule has 0 N–H and O–H groups in total. The molecule has 1 aromatic rings. The topological polar surface area (TPSA) is 12.4 Å². The minimum absolute atomic E-state index is 0.153. The molecule has 2 atom stereocenters. The van der Waals surface area contributed by atoms with Crippen LogP contribution in [-0.2, 0) is 0 Å². The molecule has 0 spiro atoms. The van der Waals surface area contributed by atoms with E-state index in [1.807, 2.05) is 37.0 Å². The van der Waals surface area contributed by atoms with E-state index in [0.717, 1.165) is 5.56 Å². The van der Waals surface area contributed by atoms with E-state index in [2.05, 4.69) is 4.99 Å². The smallest absolute Gasteiger partial charge is 0.115 e. The van der Waals surface area contributed by atoms with Crippen molar-refractivity contribution in [1.29, 1.82) is 0 Å². The largest absolute Gasteiger partial charge is 0.282 e. The Bertz CT molecular complexity index is 257. The molecule has 0 bridgehead atoms. The van der Waals surface area contributed by atoms with E-state index in [-0.39, 0.29) is 12.5 Å². The predicted octanol–water partition coefficient (Wildman–Crippen LogP) is 2.71. The lowest BCUT2D eigenvalue weighted by atomic mass is 10.2. The number of aliphatic imine (C=N–C) groups is 1. The van der Waals surface area contributed by atoms with Gasteiger partial charge in [0.2, 0.25) is 0 Å². The van der Waals surface area contributed by atoms with Crippen molar-refractivity contribution in [3.8, 4) is 0 Å². The summed E-state index contributed by atoms with van der Waals surface area (Å²) in [6.45, 7) is 1.60. The van der Waals surface area contributed by atoms with E-state index in [1.54, 1.807) is 6.21 Å². The molecule has 1 aromatic carbocycles. The van der Waals surface area contributed by atoms with E-state index in [9.17, 15) is 4.39 Å². The van der Waals surface area contributed by atoms with Crippen LogP contribution in [0.5, 0.6) is 0 Å². The van der Waals surface area contributed by atoms with Crippen LogP contribution in [0.3, 0.4) is 0 Å². The Hall–Kier alpha value is -0.750. The molecule has 0 aromatic heterocycles. The first kappa shape index (κ1) is 10.3. The second-order valence-electron chi connectivity index (χ2n) is 2.65. The Balaban J connectivity index is 2.57. The average molecular weight is 197 g/mol. The van der Waals surface area contributed by atoms with Gasteiger partial charge in [0.25, 0.3) is 0 Å². The van der Waals surface area contributed by atoms with Crippen LogP contribution in [0.2, 0.25) is 0 Å². The van der Waals surface area contributed by atoms with Crippen LogP contribution in [0.4, 0.5) is 4.39 Å². The summed E-state index contributed by atoms with van der Waals surface area (Å²) in [5, 5.41) is 0. The maximum Gasteiger partial charge on any atom is 0.115 e. The molecule has 0 heterocycles. The first-order valence-corrected chi connectivity index (χ1v) is 5.76. The van der Waals surface area contributed by atoms with Gasteiger partial charge in [0.1, 0.15) is 6.67 Å². The third-order valence-electron chi connectivity index (χ3n) is 1.68. The summed E-state index contributed by atoms with van der Waals surface area (Å²) in [5.74, 6) is -0.153. The lowest BCUT2D eigenvalue weighted by molar-refractivity contribution is 0.488. The van der Waals surface area contributed by atoms with Crippen molar-refractivity contribution < 1.29 is 4.39 Å². The van der Waals surface area contributed by atoms with Gasteiger partial charge in [-0.2, -0.15) is 0 Å². The molecule has 0 radical (unpaired) electrons. The minimum Gasteiger partial charge on any atom is -0.282 e. The first-order chi connectivity index (χ1) is 6.36. The van der Waals surface area contributed by atoms with Gasteiger partial charge in [0.05, 0.1) is 5.78 Å². The van der Waals surface area contributed by atoms with Gasteiger partial charge >= 0.3 is 0 Å². The van der Waals surface area contributed by atoms with Crippen molar-refractivity contribution in [3.05, 3.63) is 35.9 Å². The third-order valence-corrected chi connectivity index (χ3v) is 2.65. The van der Waals surface area contributed by atoms with Crippen LogP contribution in [0.15, 0.2) is 35.3 Å². The van der Waals surface area contributed by atoms with Crippen molar-refractivity contribution in [1.82, 2.24) is 0 Å². The maximum absolute atomic E-state index is 12.3. The fraction of sp³-hybridized carbons (Fsp3) is 0.300. The molecule has 0 aliphatic heterocycles. The average Bonchev–Trinajstić information content (AvgIpc) is 2.21. The highest BCUT2D eigenvalue weighted by Gasteiger charge is 1.99. The maximum atomic E-state index is 12.3. The van der Waals surface area contributed by atoms with Crippen molar-refractivity contribution in [2.45, 2.75) is 5.78 Å². The van der Waals surface area contributed by atoms with E-state index in [4.69, 9.17) is 0 Å². The first-order valence-electron chi connectivity index (χ1n) is 4.18.